The summed E-state index contributed by atoms with van der Waals surface area (Å²) in [6, 6.07) is 0. The zero-order valence-corrected chi connectivity index (χ0v) is 8.38. The van der Waals surface area contributed by atoms with Gasteiger partial charge in [-0.15, -0.1) is 0 Å². The number of hydrogen-bond acceptors (Lipinski definition) is 2. The van der Waals surface area contributed by atoms with Crippen molar-refractivity contribution in [2.75, 3.05) is 0 Å². The van der Waals surface area contributed by atoms with Crippen LogP contribution in [0, 0.1) is 118 Å². The molecule has 1 aliphatic rings. The molecule has 0 atom stereocenters. The van der Waals surface area contributed by atoms with Crippen LogP contribution in [-0.2, 0) is -0.249 Å². The van der Waals surface area contributed by atoms with Crippen LogP contribution in [-0.4, -0.2) is 0 Å². The van der Waals surface area contributed by atoms with E-state index in [9.17, 15) is 0 Å². The van der Waals surface area contributed by atoms with Gasteiger partial charge in [0, 0.05) is 77.2 Å². The van der Waals surface area contributed by atoms with E-state index in [0.29, 0.717) is 40.9 Å². The van der Waals surface area contributed by atoms with Gasteiger partial charge in [-0.05, 0) is 0 Å². The zero-order valence-electron chi connectivity index (χ0n) is 1.73. The summed E-state index contributed by atoms with van der Waals surface area (Å²) in [7, 11) is 0. The Morgan fingerprint density at radius 2 is 1.80 bits per heavy atom. The first kappa shape index (κ1) is 12.1. The molecule has 0 aromatic rings. The summed E-state index contributed by atoms with van der Waals surface area (Å²) in [6.45, 7) is 0. The van der Waals surface area contributed by atoms with Crippen molar-refractivity contribution in [2.45, 2.75) is 0 Å². The standard InChI is InChI=1S/Er.Gd.OS.Yb/c;;1-2;/q;;-2;+2. The molecule has 46 valence electrons. The van der Waals surface area contributed by atoms with Gasteiger partial charge in [0.2, 0.25) is 0 Å². The molecule has 1 aliphatic heterocycles. The maximum absolute atomic E-state index is 4.47. The molecular formula is ErGdOSYb. The van der Waals surface area contributed by atoms with Crippen LogP contribution >= 0.6 is 4.74 Å². The van der Waals surface area contributed by atoms with Crippen LogP contribution in [0.2, 0.25) is 0 Å². The molecule has 0 N–H and O–H groups in total. The van der Waals surface area contributed by atoms with Crippen molar-refractivity contribution in [1.29, 1.82) is 0 Å². The van der Waals surface area contributed by atoms with Gasteiger partial charge in [-0.1, -0.05) is 0 Å². The van der Waals surface area contributed by atoms with E-state index in [1.54, 1.807) is 4.74 Å². The van der Waals surface area contributed by atoms with Crippen LogP contribution < -0.4 is 0 Å². The predicted molar refractivity (Wildman–Crippen MR) is 8.68 cm³/mol. The van der Waals surface area contributed by atoms with Crippen LogP contribution in [0.1, 0.15) is 0 Å². The monoisotopic (exact) mass is 546 g/mol. The maximum atomic E-state index is 4.47. The minimum atomic E-state index is 0. The average Bonchev–Trinajstić information content (AvgIpc) is 1.46. The summed E-state index contributed by atoms with van der Waals surface area (Å²) < 4.78 is 6.03. The molecule has 0 amide bonds. The van der Waals surface area contributed by atoms with E-state index in [-0.39, 0.29) is 77.2 Å². The van der Waals surface area contributed by atoms with Gasteiger partial charge in [-0.25, -0.2) is 0 Å². The van der Waals surface area contributed by atoms with Crippen molar-refractivity contribution >= 4 is 4.74 Å². The van der Waals surface area contributed by atoms with Crippen molar-refractivity contribution in [3.05, 3.63) is 0 Å². The van der Waals surface area contributed by atoms with Crippen molar-refractivity contribution < 1.29 is 118 Å². The van der Waals surface area contributed by atoms with Gasteiger partial charge in [0.1, 0.15) is 0 Å². The van der Waals surface area contributed by atoms with Gasteiger partial charge in [0.05, 0.1) is 0 Å². The third-order valence-electron chi connectivity index (χ3n) is 0.0445. The Kier molecular flexibility index (Phi) is 20.4. The Morgan fingerprint density at radius 3 is 1.80 bits per heavy atom. The second-order valence-corrected chi connectivity index (χ2v) is 2.97. The molecule has 1 heterocycles. The summed E-state index contributed by atoms with van der Waals surface area (Å²) in [5.41, 5.74) is 0. The summed E-state index contributed by atoms with van der Waals surface area (Å²) in [5.74, 6) is 0. The van der Waals surface area contributed by atoms with Crippen molar-refractivity contribution in [3.8, 4) is 0 Å². The SMILES string of the molecule is [Er].[Gd].[O]1[S][Yb]1. The molecule has 5 heteroatoms. The normalized spacial score (nSPS) is 16.0. The van der Waals surface area contributed by atoms with Crippen molar-refractivity contribution in [3.63, 3.8) is 0 Å². The predicted octanol–water partition coefficient (Wildman–Crippen LogP) is 0.580. The molecule has 0 bridgehead atoms. The summed E-state index contributed by atoms with van der Waals surface area (Å²) in [5, 5.41) is 0. The first-order chi connectivity index (χ1) is 1.50. The fourth-order valence-corrected chi connectivity index (χ4v) is 0. The van der Waals surface area contributed by atoms with Gasteiger partial charge in [-0.3, -0.25) is 0 Å². The van der Waals surface area contributed by atoms with E-state index in [2.05, 4.69) is -0.249 Å². The molecule has 0 aromatic carbocycles. The van der Waals surface area contributed by atoms with Crippen molar-refractivity contribution in [1.82, 2.24) is 0 Å². The fraction of sp³-hybridized carbons (Fsp3) is 0. The Bertz CT molecular complexity index is 16.4. The Labute approximate surface area is 118 Å². The van der Waals surface area contributed by atoms with E-state index in [1.165, 1.54) is 0 Å². The Hall–Kier alpha value is 4.40. The van der Waals surface area contributed by atoms with E-state index < -0.39 is 0 Å². The van der Waals surface area contributed by atoms with E-state index in [0.717, 1.165) is 0 Å². The second-order valence-electron chi connectivity index (χ2n) is 0.134. The van der Waals surface area contributed by atoms with Crippen LogP contribution in [0.15, 0.2) is 0 Å². The Balaban J connectivity index is 0. The summed E-state index contributed by atoms with van der Waals surface area (Å²) in [4.78, 5) is 0. The molecule has 0 aromatic heterocycles. The number of hydrogen-bond donors (Lipinski definition) is 0. The van der Waals surface area contributed by atoms with E-state index in [1.807, 2.05) is 0 Å². The third-order valence-corrected chi connectivity index (χ3v) is 0.991. The zero-order chi connectivity index (χ0) is 2.12. The quantitative estimate of drug-likeness (QED) is 0.327. The molecule has 1 nitrogen and oxygen atoms in total. The fourth-order valence-electron chi connectivity index (χ4n) is 0. The third kappa shape index (κ3) is 11.8. The molecule has 0 saturated carbocycles. The first-order valence-electron chi connectivity index (χ1n) is 0.385. The van der Waals surface area contributed by atoms with Gasteiger partial charge in [0.15, 0.2) is 0 Å². The molecule has 1 saturated heterocycles. The first-order valence-corrected chi connectivity index (χ1v) is 3.74. The summed E-state index contributed by atoms with van der Waals surface area (Å²) >= 11 is 0.583. The second kappa shape index (κ2) is 8.40. The van der Waals surface area contributed by atoms with Crippen LogP contribution in [0.25, 0.3) is 0 Å². The summed E-state index contributed by atoms with van der Waals surface area (Å²) in [6.07, 6.45) is 0. The van der Waals surface area contributed by atoms with Crippen LogP contribution in [0.4, 0.5) is 0 Å². The average molecular weight is 546 g/mol. The van der Waals surface area contributed by atoms with Gasteiger partial charge < -0.3 is 0 Å². The Morgan fingerprint density at radius 1 is 1.60 bits per heavy atom. The molecule has 0 unspecified atom stereocenters. The molecule has 0 aliphatic carbocycles. The molecule has 1 fully saturated rings. The number of rotatable bonds is 0. The van der Waals surface area contributed by atoms with Crippen molar-refractivity contribution in [2.24, 2.45) is 0 Å². The van der Waals surface area contributed by atoms with Gasteiger partial charge >= 0.3 is 45.4 Å². The van der Waals surface area contributed by atoms with Gasteiger partial charge in [-0.2, -0.15) is 0 Å². The molecule has 0 radical (unpaired) electrons. The molecule has 5 heavy (non-hydrogen) atoms. The van der Waals surface area contributed by atoms with Gasteiger partial charge in [0.25, 0.3) is 0 Å². The topological polar surface area (TPSA) is 12.5 Å². The molecule has 0 spiro atoms. The minimum absolute atomic E-state index is 0. The van der Waals surface area contributed by atoms with Crippen LogP contribution in [0.3, 0.4) is 0 Å². The van der Waals surface area contributed by atoms with Crippen LogP contribution in [0.5, 0.6) is 0 Å². The van der Waals surface area contributed by atoms with E-state index >= 15 is 0 Å². The molecular weight excluding hydrogens is 546 g/mol. The van der Waals surface area contributed by atoms with E-state index in [4.69, 9.17) is 0 Å². The molecule has 1 rings (SSSR count).